The average molecular weight is 294 g/mol. The Balaban J connectivity index is 1.88. The van der Waals surface area contributed by atoms with Crippen LogP contribution in [0.5, 0.6) is 5.75 Å². The van der Waals surface area contributed by atoms with E-state index in [0.29, 0.717) is 13.0 Å². The fourth-order valence-corrected chi connectivity index (χ4v) is 2.74. The second-order valence-electron chi connectivity index (χ2n) is 5.88. The third-order valence-corrected chi connectivity index (χ3v) is 4.14. The molecule has 1 aliphatic heterocycles. The highest BCUT2D eigenvalue weighted by molar-refractivity contribution is 5.34. The van der Waals surface area contributed by atoms with Crippen molar-refractivity contribution in [1.29, 1.82) is 0 Å². The summed E-state index contributed by atoms with van der Waals surface area (Å²) >= 11 is 0. The van der Waals surface area contributed by atoms with Crippen LogP contribution in [0.4, 0.5) is 4.39 Å². The highest BCUT2D eigenvalue weighted by Gasteiger charge is 2.12. The van der Waals surface area contributed by atoms with Gasteiger partial charge in [0.05, 0.1) is 0 Å². The number of hydrogen-bond donors (Lipinski definition) is 1. The Morgan fingerprint density at radius 2 is 2.05 bits per heavy atom. The number of nitrogens with two attached hydrogens (primary N) is 1. The second kappa shape index (κ2) is 8.35. The summed E-state index contributed by atoms with van der Waals surface area (Å²) in [6.45, 7) is 5.97. The zero-order chi connectivity index (χ0) is 15.1. The molecular weight excluding hydrogens is 267 g/mol. The Labute approximate surface area is 127 Å². The zero-order valence-corrected chi connectivity index (χ0v) is 13.0. The van der Waals surface area contributed by atoms with Crippen molar-refractivity contribution in [3.05, 3.63) is 29.6 Å². The molecule has 1 aromatic carbocycles. The maximum Gasteiger partial charge on any atom is 0.123 e. The van der Waals surface area contributed by atoms with Gasteiger partial charge in [-0.25, -0.2) is 4.39 Å². The monoisotopic (exact) mass is 294 g/mol. The minimum Gasteiger partial charge on any atom is -0.492 e. The number of piperidine rings is 1. The Bertz CT molecular complexity index is 433. The van der Waals surface area contributed by atoms with E-state index in [-0.39, 0.29) is 11.9 Å². The molecule has 1 fully saturated rings. The molecule has 1 aromatic rings. The summed E-state index contributed by atoms with van der Waals surface area (Å²) in [5, 5.41) is 0. The van der Waals surface area contributed by atoms with Gasteiger partial charge in [0.25, 0.3) is 0 Å². The van der Waals surface area contributed by atoms with E-state index >= 15 is 0 Å². The molecule has 0 aliphatic carbocycles. The van der Waals surface area contributed by atoms with Crippen LogP contribution >= 0.6 is 0 Å². The maximum atomic E-state index is 13.4. The fraction of sp³-hybridized carbons (Fsp3) is 0.647. The summed E-state index contributed by atoms with van der Waals surface area (Å²) in [6, 6.07) is 4.78. The molecule has 1 atom stereocenters. The molecule has 1 unspecified atom stereocenters. The van der Waals surface area contributed by atoms with E-state index in [4.69, 9.17) is 10.5 Å². The summed E-state index contributed by atoms with van der Waals surface area (Å²) in [5.74, 6) is 0.550. The predicted octanol–water partition coefficient (Wildman–Crippen LogP) is 2.97. The average Bonchev–Trinajstić information content (AvgIpc) is 2.50. The van der Waals surface area contributed by atoms with Crippen molar-refractivity contribution in [2.24, 2.45) is 5.73 Å². The van der Waals surface area contributed by atoms with Crippen LogP contribution in [0.1, 0.15) is 38.2 Å². The van der Waals surface area contributed by atoms with Gasteiger partial charge in [-0.1, -0.05) is 13.3 Å². The number of hydrogen-bond acceptors (Lipinski definition) is 3. The summed E-state index contributed by atoms with van der Waals surface area (Å²) < 4.78 is 19.3. The number of likely N-dealkylation sites (tertiary alicyclic amines) is 1. The Hall–Kier alpha value is -1.13. The SMILES string of the molecule is CCC(N)Cc1cc(F)ccc1OCCN1CCCCC1. The number of halogens is 1. The quantitative estimate of drug-likeness (QED) is 0.840. The molecule has 1 heterocycles. The molecule has 1 aliphatic rings. The van der Waals surface area contributed by atoms with E-state index in [1.165, 1.54) is 38.4 Å². The highest BCUT2D eigenvalue weighted by atomic mass is 19.1. The zero-order valence-electron chi connectivity index (χ0n) is 13.0. The molecule has 3 nitrogen and oxygen atoms in total. The molecule has 2 rings (SSSR count). The van der Waals surface area contributed by atoms with Crippen LogP contribution in [0.25, 0.3) is 0 Å². The third-order valence-electron chi connectivity index (χ3n) is 4.14. The molecule has 0 radical (unpaired) electrons. The minimum atomic E-state index is -0.225. The molecule has 4 heteroatoms. The largest absolute Gasteiger partial charge is 0.492 e. The van der Waals surface area contributed by atoms with E-state index in [0.717, 1.165) is 24.3 Å². The van der Waals surface area contributed by atoms with E-state index < -0.39 is 0 Å². The standard InChI is InChI=1S/C17H27FN2O/c1-2-16(19)13-14-12-15(18)6-7-17(14)21-11-10-20-8-4-3-5-9-20/h6-7,12,16H,2-5,8-11,13,19H2,1H3. The molecule has 0 spiro atoms. The first-order valence-corrected chi connectivity index (χ1v) is 8.08. The minimum absolute atomic E-state index is 0.0521. The lowest BCUT2D eigenvalue weighted by Gasteiger charge is -2.26. The number of nitrogens with zero attached hydrogens (tertiary/aromatic N) is 1. The topological polar surface area (TPSA) is 38.5 Å². The van der Waals surface area contributed by atoms with Gasteiger partial charge < -0.3 is 10.5 Å². The van der Waals surface area contributed by atoms with Crippen molar-refractivity contribution >= 4 is 0 Å². The molecular formula is C17H27FN2O. The van der Waals surface area contributed by atoms with Crippen molar-refractivity contribution in [3.63, 3.8) is 0 Å². The van der Waals surface area contributed by atoms with Crippen molar-refractivity contribution in [2.45, 2.75) is 45.1 Å². The lowest BCUT2D eigenvalue weighted by molar-refractivity contribution is 0.182. The predicted molar refractivity (Wildman–Crippen MR) is 84.2 cm³/mol. The highest BCUT2D eigenvalue weighted by Crippen LogP contribution is 2.22. The normalized spacial score (nSPS) is 17.7. The van der Waals surface area contributed by atoms with Crippen LogP contribution in [-0.2, 0) is 6.42 Å². The van der Waals surface area contributed by atoms with E-state index in [1.807, 2.05) is 6.92 Å². The van der Waals surface area contributed by atoms with Crippen LogP contribution in [0, 0.1) is 5.82 Å². The molecule has 2 N–H and O–H groups in total. The van der Waals surface area contributed by atoms with Crippen molar-refractivity contribution in [3.8, 4) is 5.75 Å². The van der Waals surface area contributed by atoms with Crippen LogP contribution in [0.2, 0.25) is 0 Å². The van der Waals surface area contributed by atoms with Gasteiger partial charge in [0.1, 0.15) is 18.2 Å². The van der Waals surface area contributed by atoms with E-state index in [2.05, 4.69) is 4.90 Å². The van der Waals surface area contributed by atoms with Crippen LogP contribution < -0.4 is 10.5 Å². The molecule has 0 saturated carbocycles. The molecule has 0 bridgehead atoms. The molecule has 21 heavy (non-hydrogen) atoms. The van der Waals surface area contributed by atoms with Gasteiger partial charge in [-0.3, -0.25) is 4.90 Å². The first-order valence-electron chi connectivity index (χ1n) is 8.08. The van der Waals surface area contributed by atoms with Crippen molar-refractivity contribution in [2.75, 3.05) is 26.2 Å². The molecule has 1 saturated heterocycles. The third kappa shape index (κ3) is 5.29. The van der Waals surface area contributed by atoms with Gasteiger partial charge in [0.2, 0.25) is 0 Å². The summed E-state index contributed by atoms with van der Waals surface area (Å²) in [5.41, 5.74) is 6.86. The van der Waals surface area contributed by atoms with Crippen molar-refractivity contribution < 1.29 is 9.13 Å². The maximum absolute atomic E-state index is 13.4. The lowest BCUT2D eigenvalue weighted by Crippen LogP contribution is -2.33. The fourth-order valence-electron chi connectivity index (χ4n) is 2.74. The summed E-state index contributed by atoms with van der Waals surface area (Å²) in [4.78, 5) is 2.43. The van der Waals surface area contributed by atoms with Gasteiger partial charge in [0.15, 0.2) is 0 Å². The van der Waals surface area contributed by atoms with E-state index in [1.54, 1.807) is 12.1 Å². The van der Waals surface area contributed by atoms with Crippen molar-refractivity contribution in [1.82, 2.24) is 4.90 Å². The molecule has 0 amide bonds. The lowest BCUT2D eigenvalue weighted by atomic mass is 10.0. The Kier molecular flexibility index (Phi) is 6.46. The first-order chi connectivity index (χ1) is 10.2. The summed E-state index contributed by atoms with van der Waals surface area (Å²) in [6.07, 6.45) is 5.45. The van der Waals surface area contributed by atoms with Gasteiger partial charge >= 0.3 is 0 Å². The van der Waals surface area contributed by atoms with Gasteiger partial charge in [0, 0.05) is 12.6 Å². The van der Waals surface area contributed by atoms with Crippen LogP contribution in [0.15, 0.2) is 18.2 Å². The van der Waals surface area contributed by atoms with Gasteiger partial charge in [-0.15, -0.1) is 0 Å². The summed E-state index contributed by atoms with van der Waals surface area (Å²) in [7, 11) is 0. The van der Waals surface area contributed by atoms with Crippen LogP contribution in [-0.4, -0.2) is 37.2 Å². The Morgan fingerprint density at radius 1 is 1.29 bits per heavy atom. The van der Waals surface area contributed by atoms with Gasteiger partial charge in [-0.2, -0.15) is 0 Å². The Morgan fingerprint density at radius 3 is 2.76 bits per heavy atom. The smallest absolute Gasteiger partial charge is 0.123 e. The molecule has 118 valence electrons. The second-order valence-corrected chi connectivity index (χ2v) is 5.88. The van der Waals surface area contributed by atoms with Gasteiger partial charge in [-0.05, 0) is 62.5 Å². The first kappa shape index (κ1) is 16.2. The number of benzene rings is 1. The number of ether oxygens (including phenoxy) is 1. The number of rotatable bonds is 7. The van der Waals surface area contributed by atoms with Crippen LogP contribution in [0.3, 0.4) is 0 Å². The molecule has 0 aromatic heterocycles. The van der Waals surface area contributed by atoms with E-state index in [9.17, 15) is 4.39 Å².